The van der Waals surface area contributed by atoms with Gasteiger partial charge in [0, 0.05) is 17.9 Å². The van der Waals surface area contributed by atoms with Crippen LogP contribution in [0.1, 0.15) is 24.0 Å². The van der Waals surface area contributed by atoms with E-state index < -0.39 is 0 Å². The maximum absolute atomic E-state index is 12.6. The van der Waals surface area contributed by atoms with Gasteiger partial charge in [-0.1, -0.05) is 35.9 Å². The molecule has 0 saturated carbocycles. The lowest BCUT2D eigenvalue weighted by Gasteiger charge is -2.23. The number of hydrogen-bond acceptors (Lipinski definition) is 1. The van der Waals surface area contributed by atoms with E-state index >= 15 is 0 Å². The molecule has 2 aromatic carbocycles. The summed E-state index contributed by atoms with van der Waals surface area (Å²) in [5, 5.41) is 2.98. The number of urea groups is 1. The number of amides is 2. The molecule has 1 N–H and O–H groups in total. The highest BCUT2D eigenvalue weighted by atomic mass is 16.2. The first-order valence-electron chi connectivity index (χ1n) is 7.47. The highest BCUT2D eigenvalue weighted by Gasteiger charge is 2.21. The SMILES string of the molecule is Cc1ccc2c(c1)CCCCN2C(=O)Nc1ccccc1. The number of rotatable bonds is 1. The highest BCUT2D eigenvalue weighted by molar-refractivity contribution is 6.02. The Morgan fingerprint density at radius 2 is 1.90 bits per heavy atom. The molecule has 2 amide bonds. The van der Waals surface area contributed by atoms with Crippen LogP contribution < -0.4 is 10.2 Å². The summed E-state index contributed by atoms with van der Waals surface area (Å²) in [4.78, 5) is 14.5. The molecule has 0 bridgehead atoms. The van der Waals surface area contributed by atoms with E-state index in [0.717, 1.165) is 37.2 Å². The van der Waals surface area contributed by atoms with Crippen LogP contribution in [0, 0.1) is 6.92 Å². The van der Waals surface area contributed by atoms with Gasteiger partial charge in [-0.2, -0.15) is 0 Å². The van der Waals surface area contributed by atoms with E-state index in [1.165, 1.54) is 11.1 Å². The van der Waals surface area contributed by atoms with Crippen molar-refractivity contribution in [3.8, 4) is 0 Å². The fourth-order valence-electron chi connectivity index (χ4n) is 2.81. The van der Waals surface area contributed by atoms with Crippen LogP contribution in [0.3, 0.4) is 0 Å². The Bertz CT molecular complexity index is 637. The maximum atomic E-state index is 12.6. The van der Waals surface area contributed by atoms with E-state index in [-0.39, 0.29) is 6.03 Å². The molecule has 0 spiro atoms. The summed E-state index contributed by atoms with van der Waals surface area (Å²) in [6, 6.07) is 15.9. The molecule has 0 unspecified atom stereocenters. The first-order valence-corrected chi connectivity index (χ1v) is 7.47. The van der Waals surface area contributed by atoms with Crippen molar-refractivity contribution in [2.45, 2.75) is 26.2 Å². The van der Waals surface area contributed by atoms with Gasteiger partial charge in [0.15, 0.2) is 0 Å². The second kappa shape index (κ2) is 6.00. The Balaban J connectivity index is 1.86. The van der Waals surface area contributed by atoms with Gasteiger partial charge in [0.2, 0.25) is 0 Å². The molecule has 0 aromatic heterocycles. The van der Waals surface area contributed by atoms with Crippen LogP contribution in [0.25, 0.3) is 0 Å². The van der Waals surface area contributed by atoms with Crippen molar-refractivity contribution in [3.05, 3.63) is 59.7 Å². The minimum Gasteiger partial charge on any atom is -0.308 e. The molecular formula is C18H20N2O. The van der Waals surface area contributed by atoms with E-state index in [2.05, 4.69) is 30.4 Å². The van der Waals surface area contributed by atoms with Gasteiger partial charge in [-0.15, -0.1) is 0 Å². The first kappa shape index (κ1) is 13.7. The van der Waals surface area contributed by atoms with E-state index in [1.54, 1.807) is 0 Å². The highest BCUT2D eigenvalue weighted by Crippen LogP contribution is 2.28. The molecule has 108 valence electrons. The van der Waals surface area contributed by atoms with Gasteiger partial charge in [0.05, 0.1) is 0 Å². The summed E-state index contributed by atoms with van der Waals surface area (Å²) in [6.07, 6.45) is 3.22. The molecule has 0 saturated heterocycles. The van der Waals surface area contributed by atoms with Gasteiger partial charge < -0.3 is 5.32 Å². The van der Waals surface area contributed by atoms with Crippen LogP contribution in [0.5, 0.6) is 0 Å². The molecule has 1 aliphatic heterocycles. The molecule has 3 nitrogen and oxygen atoms in total. The van der Waals surface area contributed by atoms with Crippen LogP contribution >= 0.6 is 0 Å². The normalized spacial score (nSPS) is 14.2. The zero-order valence-electron chi connectivity index (χ0n) is 12.3. The predicted molar refractivity (Wildman–Crippen MR) is 86.9 cm³/mol. The second-order valence-corrected chi connectivity index (χ2v) is 5.54. The predicted octanol–water partition coefficient (Wildman–Crippen LogP) is 4.37. The molecule has 0 radical (unpaired) electrons. The van der Waals surface area contributed by atoms with Gasteiger partial charge in [0.25, 0.3) is 0 Å². The van der Waals surface area contributed by atoms with Crippen molar-refractivity contribution in [2.75, 3.05) is 16.8 Å². The average molecular weight is 280 g/mol. The van der Waals surface area contributed by atoms with Crippen LogP contribution in [0.2, 0.25) is 0 Å². The Morgan fingerprint density at radius 3 is 2.71 bits per heavy atom. The van der Waals surface area contributed by atoms with Gasteiger partial charge in [0.1, 0.15) is 0 Å². The van der Waals surface area contributed by atoms with Crippen LogP contribution in [0.15, 0.2) is 48.5 Å². The van der Waals surface area contributed by atoms with Gasteiger partial charge in [-0.25, -0.2) is 4.79 Å². The van der Waals surface area contributed by atoms with Crippen molar-refractivity contribution < 1.29 is 4.79 Å². The molecule has 0 fully saturated rings. The maximum Gasteiger partial charge on any atom is 0.326 e. The summed E-state index contributed by atoms with van der Waals surface area (Å²) in [7, 11) is 0. The average Bonchev–Trinajstić information content (AvgIpc) is 2.70. The third-order valence-electron chi connectivity index (χ3n) is 3.87. The number of nitrogens with zero attached hydrogens (tertiary/aromatic N) is 1. The fourth-order valence-corrected chi connectivity index (χ4v) is 2.81. The number of nitrogens with one attached hydrogen (secondary N) is 1. The quantitative estimate of drug-likeness (QED) is 0.826. The summed E-state index contributed by atoms with van der Waals surface area (Å²) < 4.78 is 0. The lowest BCUT2D eigenvalue weighted by atomic mass is 10.1. The third-order valence-corrected chi connectivity index (χ3v) is 3.87. The molecule has 2 aromatic rings. The standard InChI is InChI=1S/C18H20N2O/c1-14-10-11-17-15(13-14)7-5-6-12-20(17)18(21)19-16-8-3-2-4-9-16/h2-4,8-11,13H,5-7,12H2,1H3,(H,19,21). The van der Waals surface area contributed by atoms with Crippen molar-refractivity contribution in [1.29, 1.82) is 0 Å². The molecule has 3 heteroatoms. The summed E-state index contributed by atoms with van der Waals surface area (Å²) in [5.41, 5.74) is 4.40. The number of hydrogen-bond donors (Lipinski definition) is 1. The van der Waals surface area contributed by atoms with Crippen molar-refractivity contribution in [3.63, 3.8) is 0 Å². The minimum atomic E-state index is -0.0480. The first-order chi connectivity index (χ1) is 10.2. The van der Waals surface area contributed by atoms with E-state index in [0.29, 0.717) is 0 Å². The zero-order valence-corrected chi connectivity index (χ0v) is 12.3. The number of carbonyl (C=O) groups excluding carboxylic acids is 1. The number of aryl methyl sites for hydroxylation is 2. The lowest BCUT2D eigenvalue weighted by molar-refractivity contribution is 0.257. The van der Waals surface area contributed by atoms with Crippen LogP contribution in [-0.2, 0) is 6.42 Å². The summed E-state index contributed by atoms with van der Waals surface area (Å²) in [5.74, 6) is 0. The monoisotopic (exact) mass is 280 g/mol. The molecule has 1 heterocycles. The second-order valence-electron chi connectivity index (χ2n) is 5.54. The summed E-state index contributed by atoms with van der Waals surface area (Å²) >= 11 is 0. The summed E-state index contributed by atoms with van der Waals surface area (Å²) in [6.45, 7) is 2.87. The number of benzene rings is 2. The van der Waals surface area contributed by atoms with Crippen molar-refractivity contribution >= 4 is 17.4 Å². The topological polar surface area (TPSA) is 32.3 Å². The molecular weight excluding hydrogens is 260 g/mol. The molecule has 0 aliphatic carbocycles. The Morgan fingerprint density at radius 1 is 1.10 bits per heavy atom. The molecule has 21 heavy (non-hydrogen) atoms. The smallest absolute Gasteiger partial charge is 0.308 e. The fraction of sp³-hybridized carbons (Fsp3) is 0.278. The Labute approximate surface area is 125 Å². The van der Waals surface area contributed by atoms with Gasteiger partial charge >= 0.3 is 6.03 Å². The van der Waals surface area contributed by atoms with Gasteiger partial charge in [-0.3, -0.25) is 4.90 Å². The molecule has 1 aliphatic rings. The number of carbonyl (C=O) groups is 1. The van der Waals surface area contributed by atoms with Crippen LogP contribution in [0.4, 0.5) is 16.2 Å². The Hall–Kier alpha value is -2.29. The van der Waals surface area contributed by atoms with E-state index in [4.69, 9.17) is 0 Å². The number of anilines is 2. The Kier molecular flexibility index (Phi) is 3.91. The molecule has 3 rings (SSSR count). The molecule has 0 atom stereocenters. The number of fused-ring (bicyclic) bond motifs is 1. The minimum absolute atomic E-state index is 0.0480. The van der Waals surface area contributed by atoms with E-state index in [9.17, 15) is 4.79 Å². The largest absolute Gasteiger partial charge is 0.326 e. The third kappa shape index (κ3) is 3.07. The van der Waals surface area contributed by atoms with Crippen molar-refractivity contribution in [2.24, 2.45) is 0 Å². The van der Waals surface area contributed by atoms with Gasteiger partial charge in [-0.05, 0) is 49.9 Å². The zero-order chi connectivity index (χ0) is 14.7. The van der Waals surface area contributed by atoms with Crippen molar-refractivity contribution in [1.82, 2.24) is 0 Å². The van der Waals surface area contributed by atoms with Crippen LogP contribution in [-0.4, -0.2) is 12.6 Å². The number of para-hydroxylation sites is 1. The van der Waals surface area contributed by atoms with E-state index in [1.807, 2.05) is 35.2 Å². The lowest BCUT2D eigenvalue weighted by Crippen LogP contribution is -2.35.